The number of amides is 1. The van der Waals surface area contributed by atoms with Crippen LogP contribution in [0.2, 0.25) is 0 Å². The number of likely N-dealkylation sites (tertiary alicyclic amines) is 1. The monoisotopic (exact) mass is 423 g/mol. The summed E-state index contributed by atoms with van der Waals surface area (Å²) < 4.78 is 16.4. The maximum atomic E-state index is 12.8. The molecule has 162 valence electrons. The van der Waals surface area contributed by atoms with Crippen molar-refractivity contribution in [3.05, 3.63) is 47.7 Å². The fourth-order valence-electron chi connectivity index (χ4n) is 3.55. The van der Waals surface area contributed by atoms with E-state index in [9.17, 15) is 4.79 Å². The minimum atomic E-state index is -0.0829. The van der Waals surface area contributed by atoms with Crippen LogP contribution in [0, 0.1) is 13.8 Å². The molecule has 0 saturated carbocycles. The van der Waals surface area contributed by atoms with Crippen molar-refractivity contribution >= 4 is 5.91 Å². The van der Waals surface area contributed by atoms with Crippen LogP contribution < -0.4 is 9.47 Å². The molecule has 1 saturated heterocycles. The van der Waals surface area contributed by atoms with Gasteiger partial charge in [-0.1, -0.05) is 11.2 Å². The summed E-state index contributed by atoms with van der Waals surface area (Å²) in [5, 5.41) is 4.12. The second-order valence-electron chi connectivity index (χ2n) is 7.62. The number of benzene rings is 1. The molecule has 1 aliphatic heterocycles. The van der Waals surface area contributed by atoms with Crippen LogP contribution >= 0.6 is 0 Å². The van der Waals surface area contributed by atoms with E-state index in [4.69, 9.17) is 14.0 Å². The predicted octanol–water partition coefficient (Wildman–Crippen LogP) is 2.94. The van der Waals surface area contributed by atoms with E-state index in [0.717, 1.165) is 24.1 Å². The number of hydrogen-bond acceptors (Lipinski definition) is 8. The number of hydrogen-bond donors (Lipinski definition) is 0. The van der Waals surface area contributed by atoms with Gasteiger partial charge in [0.25, 0.3) is 11.8 Å². The molecular formula is C22H25N5O4. The molecule has 2 aromatic heterocycles. The Hall–Kier alpha value is -3.49. The number of carbonyl (C=O) groups is 1. The van der Waals surface area contributed by atoms with Crippen molar-refractivity contribution in [2.24, 2.45) is 0 Å². The Morgan fingerprint density at radius 1 is 1.23 bits per heavy atom. The topological polar surface area (TPSA) is 103 Å². The summed E-state index contributed by atoms with van der Waals surface area (Å²) in [4.78, 5) is 27.5. The van der Waals surface area contributed by atoms with Gasteiger partial charge in [-0.25, -0.2) is 4.98 Å². The first-order valence-corrected chi connectivity index (χ1v) is 10.2. The van der Waals surface area contributed by atoms with Crippen molar-refractivity contribution < 1.29 is 18.8 Å². The zero-order chi connectivity index (χ0) is 21.8. The summed E-state index contributed by atoms with van der Waals surface area (Å²) >= 11 is 0. The van der Waals surface area contributed by atoms with Crippen molar-refractivity contribution in [3.63, 3.8) is 0 Å². The Kier molecular flexibility index (Phi) is 6.11. The van der Waals surface area contributed by atoms with Gasteiger partial charge in [-0.05, 0) is 44.4 Å². The predicted molar refractivity (Wildman–Crippen MR) is 112 cm³/mol. The third-order valence-corrected chi connectivity index (χ3v) is 5.25. The zero-order valence-electron chi connectivity index (χ0n) is 17.9. The first-order chi connectivity index (χ1) is 15.0. The van der Waals surface area contributed by atoms with Gasteiger partial charge in [0.2, 0.25) is 0 Å². The first kappa shape index (κ1) is 20.8. The molecule has 1 amide bonds. The van der Waals surface area contributed by atoms with Crippen molar-refractivity contribution in [1.82, 2.24) is 25.0 Å². The molecule has 1 aromatic carbocycles. The molecule has 0 N–H and O–H groups in total. The molecule has 3 heterocycles. The molecule has 1 fully saturated rings. The number of rotatable bonds is 6. The molecule has 4 rings (SSSR count). The lowest BCUT2D eigenvalue weighted by molar-refractivity contribution is -0.134. The largest absolute Gasteiger partial charge is 0.493 e. The molecule has 0 aliphatic carbocycles. The fraction of sp³-hybridized carbons (Fsp3) is 0.409. The van der Waals surface area contributed by atoms with Gasteiger partial charge in [0, 0.05) is 25.2 Å². The highest BCUT2D eigenvalue weighted by atomic mass is 16.5. The van der Waals surface area contributed by atoms with E-state index in [-0.39, 0.29) is 18.4 Å². The molecule has 3 aromatic rings. The van der Waals surface area contributed by atoms with Crippen LogP contribution in [0.4, 0.5) is 0 Å². The van der Waals surface area contributed by atoms with Gasteiger partial charge in [-0.3, -0.25) is 9.78 Å². The number of aromatic nitrogens is 4. The maximum absolute atomic E-state index is 12.8. The normalized spacial score (nSPS) is 16.2. The number of nitrogens with zero attached hydrogens (tertiary/aromatic N) is 5. The number of aryl methyl sites for hydroxylation is 2. The van der Waals surface area contributed by atoms with Crippen LogP contribution in [0.5, 0.6) is 11.5 Å². The Labute approximate surface area is 180 Å². The second kappa shape index (κ2) is 9.11. The average molecular weight is 423 g/mol. The number of piperidine rings is 1. The highest BCUT2D eigenvalue weighted by Gasteiger charge is 2.28. The van der Waals surface area contributed by atoms with E-state index in [2.05, 4.69) is 20.1 Å². The van der Waals surface area contributed by atoms with Gasteiger partial charge in [-0.15, -0.1) is 0 Å². The minimum absolute atomic E-state index is 0.00233. The van der Waals surface area contributed by atoms with Gasteiger partial charge in [0.15, 0.2) is 23.9 Å². The van der Waals surface area contributed by atoms with E-state index in [1.165, 1.54) is 0 Å². The smallest absolute Gasteiger partial charge is 0.278 e. The van der Waals surface area contributed by atoms with Gasteiger partial charge >= 0.3 is 0 Å². The molecule has 1 aliphatic rings. The molecule has 1 unspecified atom stereocenters. The van der Waals surface area contributed by atoms with Crippen LogP contribution in [0.3, 0.4) is 0 Å². The average Bonchev–Trinajstić information content (AvgIpc) is 3.29. The van der Waals surface area contributed by atoms with Gasteiger partial charge in [0.05, 0.1) is 19.0 Å². The molecule has 9 nitrogen and oxygen atoms in total. The standard InChI is InChI=1S/C22H25N5O4/c1-14-6-7-18(19(9-14)29-3)30-13-20(28)27-8-4-5-16(12-27)21-25-22(31-26-21)17-11-23-15(2)10-24-17/h6-7,9-11,16H,4-5,8,12-13H2,1-3H3. The Morgan fingerprint density at radius 2 is 2.10 bits per heavy atom. The van der Waals surface area contributed by atoms with Gasteiger partial charge in [-0.2, -0.15) is 4.98 Å². The molecule has 1 atom stereocenters. The van der Waals surface area contributed by atoms with E-state index in [0.29, 0.717) is 42.0 Å². The molecular weight excluding hydrogens is 398 g/mol. The van der Waals surface area contributed by atoms with E-state index >= 15 is 0 Å². The van der Waals surface area contributed by atoms with Crippen molar-refractivity contribution in [1.29, 1.82) is 0 Å². The highest BCUT2D eigenvalue weighted by Crippen LogP contribution is 2.29. The highest BCUT2D eigenvalue weighted by molar-refractivity contribution is 5.78. The van der Waals surface area contributed by atoms with Crippen LogP contribution in [-0.2, 0) is 4.79 Å². The lowest BCUT2D eigenvalue weighted by atomic mass is 9.97. The quantitative estimate of drug-likeness (QED) is 0.596. The summed E-state index contributed by atoms with van der Waals surface area (Å²) in [7, 11) is 1.58. The molecule has 0 bridgehead atoms. The summed E-state index contributed by atoms with van der Waals surface area (Å²) in [6.07, 6.45) is 5.01. The van der Waals surface area contributed by atoms with Crippen molar-refractivity contribution in [2.45, 2.75) is 32.6 Å². The fourth-order valence-corrected chi connectivity index (χ4v) is 3.55. The first-order valence-electron chi connectivity index (χ1n) is 10.2. The summed E-state index contributed by atoms with van der Waals surface area (Å²) in [6, 6.07) is 5.61. The second-order valence-corrected chi connectivity index (χ2v) is 7.62. The lowest BCUT2D eigenvalue weighted by Crippen LogP contribution is -2.41. The molecule has 0 radical (unpaired) electrons. The lowest BCUT2D eigenvalue weighted by Gasteiger charge is -2.31. The van der Waals surface area contributed by atoms with Crippen LogP contribution in [0.25, 0.3) is 11.6 Å². The summed E-state index contributed by atoms with van der Waals surface area (Å²) in [5.41, 5.74) is 2.41. The van der Waals surface area contributed by atoms with Crippen LogP contribution in [0.1, 0.15) is 35.8 Å². The minimum Gasteiger partial charge on any atom is -0.493 e. The Morgan fingerprint density at radius 3 is 2.87 bits per heavy atom. The maximum Gasteiger partial charge on any atom is 0.278 e. The third-order valence-electron chi connectivity index (χ3n) is 5.25. The van der Waals surface area contributed by atoms with Crippen LogP contribution in [0.15, 0.2) is 35.1 Å². The van der Waals surface area contributed by atoms with Crippen molar-refractivity contribution in [3.8, 4) is 23.1 Å². The zero-order valence-corrected chi connectivity index (χ0v) is 17.9. The molecule has 31 heavy (non-hydrogen) atoms. The van der Waals surface area contributed by atoms with Crippen LogP contribution in [-0.4, -0.2) is 57.7 Å². The van der Waals surface area contributed by atoms with Crippen molar-refractivity contribution in [2.75, 3.05) is 26.8 Å². The number of ether oxygens (including phenoxy) is 2. The third kappa shape index (κ3) is 4.82. The Balaban J connectivity index is 1.38. The summed E-state index contributed by atoms with van der Waals surface area (Å²) in [6.45, 7) is 4.98. The van der Waals surface area contributed by atoms with E-state index in [1.807, 2.05) is 32.0 Å². The van der Waals surface area contributed by atoms with Gasteiger partial charge in [0.1, 0.15) is 5.69 Å². The van der Waals surface area contributed by atoms with E-state index in [1.54, 1.807) is 24.4 Å². The van der Waals surface area contributed by atoms with E-state index < -0.39 is 0 Å². The van der Waals surface area contributed by atoms with Gasteiger partial charge < -0.3 is 18.9 Å². The Bertz CT molecular complexity index is 1050. The molecule has 9 heteroatoms. The number of methoxy groups -OCH3 is 1. The number of carbonyl (C=O) groups excluding carboxylic acids is 1. The molecule has 0 spiro atoms. The SMILES string of the molecule is COc1cc(C)ccc1OCC(=O)N1CCCC(c2noc(-c3cnc(C)cn3)n2)C1. The summed E-state index contributed by atoms with van der Waals surface area (Å²) in [5.74, 6) is 2.00.